The summed E-state index contributed by atoms with van der Waals surface area (Å²) in [4.78, 5) is 0. The molecule has 2 fully saturated rings. The molecule has 2 rings (SSSR count). The molecule has 2 saturated heterocycles. The van der Waals surface area contributed by atoms with Crippen molar-refractivity contribution in [3.05, 3.63) is 0 Å². The van der Waals surface area contributed by atoms with Crippen molar-refractivity contribution in [2.24, 2.45) is 0 Å². The van der Waals surface area contributed by atoms with E-state index in [0.717, 1.165) is 6.42 Å². The van der Waals surface area contributed by atoms with Crippen LogP contribution in [0.3, 0.4) is 0 Å². The van der Waals surface area contributed by atoms with Crippen LogP contribution in [0.2, 0.25) is 0 Å². The predicted molar refractivity (Wildman–Crippen MR) is 42.4 cm³/mol. The molecular formula is C8H15NO3. The third-order valence-electron chi connectivity index (χ3n) is 3.09. The number of aliphatic hydroxyl groups is 3. The fourth-order valence-electron chi connectivity index (χ4n) is 2.38. The topological polar surface area (TPSA) is 72.7 Å². The van der Waals surface area contributed by atoms with Crippen LogP contribution in [0, 0.1) is 0 Å². The van der Waals surface area contributed by atoms with Crippen molar-refractivity contribution in [3.63, 3.8) is 0 Å². The van der Waals surface area contributed by atoms with Crippen molar-refractivity contribution >= 4 is 0 Å². The van der Waals surface area contributed by atoms with E-state index in [0.29, 0.717) is 12.8 Å². The van der Waals surface area contributed by atoms with Crippen molar-refractivity contribution < 1.29 is 15.3 Å². The summed E-state index contributed by atoms with van der Waals surface area (Å²) >= 11 is 0. The van der Waals surface area contributed by atoms with Crippen LogP contribution >= 0.6 is 0 Å². The highest BCUT2D eigenvalue weighted by atomic mass is 16.4. The van der Waals surface area contributed by atoms with Crippen LogP contribution < -0.4 is 5.32 Å². The van der Waals surface area contributed by atoms with Crippen LogP contribution in [-0.2, 0) is 0 Å². The fraction of sp³-hybridized carbons (Fsp3) is 1.00. The van der Waals surface area contributed by atoms with Gasteiger partial charge in [-0.3, -0.25) is 5.32 Å². The van der Waals surface area contributed by atoms with E-state index >= 15 is 0 Å². The van der Waals surface area contributed by atoms with Crippen molar-refractivity contribution in [2.75, 3.05) is 0 Å². The third kappa shape index (κ3) is 0.992. The molecule has 2 bridgehead atoms. The summed E-state index contributed by atoms with van der Waals surface area (Å²) in [7, 11) is 0. The van der Waals surface area contributed by atoms with E-state index < -0.39 is 17.9 Å². The van der Waals surface area contributed by atoms with Gasteiger partial charge in [0.1, 0.15) is 11.8 Å². The Morgan fingerprint density at radius 3 is 2.67 bits per heavy atom. The quantitative estimate of drug-likeness (QED) is 0.377. The second-order valence-electron chi connectivity index (χ2n) is 4.33. The van der Waals surface area contributed by atoms with Gasteiger partial charge in [0.05, 0.1) is 6.10 Å². The highest BCUT2D eigenvalue weighted by Gasteiger charge is 2.55. The molecule has 0 aromatic heterocycles. The number of hydrogen-bond acceptors (Lipinski definition) is 4. The molecule has 0 radical (unpaired) electrons. The van der Waals surface area contributed by atoms with Crippen LogP contribution in [0.5, 0.6) is 0 Å². The molecule has 4 atom stereocenters. The molecule has 4 N–H and O–H groups in total. The normalized spacial score (nSPS) is 59.0. The highest BCUT2D eigenvalue weighted by molar-refractivity contribution is 5.09. The van der Waals surface area contributed by atoms with Gasteiger partial charge >= 0.3 is 0 Å². The first-order valence-electron chi connectivity index (χ1n) is 4.33. The summed E-state index contributed by atoms with van der Waals surface area (Å²) in [6, 6.07) is 0. The minimum Gasteiger partial charge on any atom is -0.390 e. The Hall–Kier alpha value is -0.160. The lowest BCUT2D eigenvalue weighted by atomic mass is 9.88. The van der Waals surface area contributed by atoms with Gasteiger partial charge in [-0.05, 0) is 26.2 Å². The largest absolute Gasteiger partial charge is 0.390 e. The fourth-order valence-corrected chi connectivity index (χ4v) is 2.38. The zero-order chi connectivity index (χ0) is 8.98. The van der Waals surface area contributed by atoms with Gasteiger partial charge in [-0.2, -0.15) is 0 Å². The Morgan fingerprint density at radius 2 is 2.00 bits per heavy atom. The Balaban J connectivity index is 2.28. The van der Waals surface area contributed by atoms with Gasteiger partial charge in [-0.15, -0.1) is 0 Å². The molecule has 0 aliphatic carbocycles. The van der Waals surface area contributed by atoms with E-state index in [1.165, 1.54) is 0 Å². The minimum absolute atomic E-state index is 0.201. The van der Waals surface area contributed by atoms with Gasteiger partial charge in [0, 0.05) is 5.54 Å². The van der Waals surface area contributed by atoms with Crippen LogP contribution in [0.4, 0.5) is 0 Å². The summed E-state index contributed by atoms with van der Waals surface area (Å²) in [6.45, 7) is 1.96. The van der Waals surface area contributed by atoms with E-state index in [-0.39, 0.29) is 5.54 Å². The van der Waals surface area contributed by atoms with Gasteiger partial charge in [0.25, 0.3) is 0 Å². The molecule has 0 aromatic rings. The first kappa shape index (κ1) is 8.44. The third-order valence-corrected chi connectivity index (χ3v) is 3.09. The van der Waals surface area contributed by atoms with Crippen LogP contribution in [0.25, 0.3) is 0 Å². The number of rotatable bonds is 0. The van der Waals surface area contributed by atoms with E-state index in [2.05, 4.69) is 5.32 Å². The molecule has 70 valence electrons. The standard InChI is InChI=1S/C8H15NO3/c1-7-2-3-8(12,9-7)6(11)5(10)4-7/h5-6,9-12H,2-4H2,1H3/t5-,6+,7+,8-/m1/s1. The number of nitrogens with one attached hydrogen (secondary N) is 1. The summed E-state index contributed by atoms with van der Waals surface area (Å²) in [5.41, 5.74) is -1.46. The molecular weight excluding hydrogens is 158 g/mol. The van der Waals surface area contributed by atoms with Gasteiger partial charge in [-0.25, -0.2) is 0 Å². The van der Waals surface area contributed by atoms with Crippen molar-refractivity contribution in [1.29, 1.82) is 0 Å². The zero-order valence-corrected chi connectivity index (χ0v) is 7.12. The minimum atomic E-state index is -1.26. The summed E-state index contributed by atoms with van der Waals surface area (Å²) in [6.07, 6.45) is -0.0210. The number of hydrogen-bond donors (Lipinski definition) is 4. The number of piperidine rings is 1. The average molecular weight is 173 g/mol. The molecule has 0 amide bonds. The highest BCUT2D eigenvalue weighted by Crippen LogP contribution is 2.40. The summed E-state index contributed by atoms with van der Waals surface area (Å²) < 4.78 is 0. The van der Waals surface area contributed by atoms with Gasteiger partial charge < -0.3 is 15.3 Å². The van der Waals surface area contributed by atoms with Crippen molar-refractivity contribution in [2.45, 2.75) is 49.7 Å². The number of fused-ring (bicyclic) bond motifs is 2. The molecule has 2 aliphatic rings. The van der Waals surface area contributed by atoms with E-state index in [1.54, 1.807) is 0 Å². The molecule has 4 heteroatoms. The zero-order valence-electron chi connectivity index (χ0n) is 7.12. The molecule has 2 aliphatic heterocycles. The summed E-state index contributed by atoms with van der Waals surface area (Å²) in [5.74, 6) is 0. The molecule has 2 heterocycles. The Morgan fingerprint density at radius 1 is 1.33 bits per heavy atom. The molecule has 0 spiro atoms. The maximum absolute atomic E-state index is 9.80. The Labute approximate surface area is 71.2 Å². The molecule has 0 saturated carbocycles. The van der Waals surface area contributed by atoms with Crippen molar-refractivity contribution in [3.8, 4) is 0 Å². The van der Waals surface area contributed by atoms with Gasteiger partial charge in [-0.1, -0.05) is 0 Å². The first-order valence-corrected chi connectivity index (χ1v) is 4.33. The summed E-state index contributed by atoms with van der Waals surface area (Å²) in [5, 5.41) is 31.7. The lowest BCUT2D eigenvalue weighted by Crippen LogP contribution is -2.65. The average Bonchev–Trinajstić information content (AvgIpc) is 2.22. The molecule has 4 nitrogen and oxygen atoms in total. The van der Waals surface area contributed by atoms with E-state index in [1.807, 2.05) is 6.92 Å². The number of aliphatic hydroxyl groups excluding tert-OH is 2. The van der Waals surface area contributed by atoms with Crippen molar-refractivity contribution in [1.82, 2.24) is 5.32 Å². The van der Waals surface area contributed by atoms with E-state index in [4.69, 9.17) is 0 Å². The molecule has 0 aromatic carbocycles. The second kappa shape index (κ2) is 2.20. The molecule has 0 unspecified atom stereocenters. The van der Waals surface area contributed by atoms with E-state index in [9.17, 15) is 15.3 Å². The second-order valence-corrected chi connectivity index (χ2v) is 4.33. The maximum atomic E-state index is 9.80. The smallest absolute Gasteiger partial charge is 0.145 e. The SMILES string of the molecule is C[C@@]12CC[C@](O)(N1)[C@@H](O)[C@H](O)C2. The Bertz CT molecular complexity index is 210. The predicted octanol–water partition coefficient (Wildman–Crippen LogP) is -1.06. The van der Waals surface area contributed by atoms with Crippen LogP contribution in [0.1, 0.15) is 26.2 Å². The molecule has 12 heavy (non-hydrogen) atoms. The van der Waals surface area contributed by atoms with Crippen LogP contribution in [-0.4, -0.2) is 38.8 Å². The first-order chi connectivity index (χ1) is 5.45. The van der Waals surface area contributed by atoms with Crippen LogP contribution in [0.15, 0.2) is 0 Å². The monoisotopic (exact) mass is 173 g/mol. The maximum Gasteiger partial charge on any atom is 0.145 e. The Kier molecular flexibility index (Phi) is 1.55. The van der Waals surface area contributed by atoms with Gasteiger partial charge in [0.15, 0.2) is 0 Å². The lowest BCUT2D eigenvalue weighted by Gasteiger charge is -2.42. The van der Waals surface area contributed by atoms with Gasteiger partial charge in [0.2, 0.25) is 0 Å². The lowest BCUT2D eigenvalue weighted by molar-refractivity contribution is -0.162.